The molecule has 0 bridgehead atoms. The Labute approximate surface area is 141 Å². The largest absolute Gasteiger partial charge is 0.350 e. The molecule has 0 aliphatic rings. The molecule has 0 aliphatic carbocycles. The Morgan fingerprint density at radius 3 is 3.00 bits per heavy atom. The second-order valence-corrected chi connectivity index (χ2v) is 5.89. The SMILES string of the molecule is Cn1ncc2cnc(NCc3cc4cc(Cl)ccc4[nH]c3=O)nc21. The van der Waals surface area contributed by atoms with Crippen LogP contribution in [0.3, 0.4) is 0 Å². The molecule has 0 spiro atoms. The molecule has 0 amide bonds. The lowest BCUT2D eigenvalue weighted by Crippen LogP contribution is -2.16. The van der Waals surface area contributed by atoms with Crippen molar-refractivity contribution in [3.05, 3.63) is 57.6 Å². The van der Waals surface area contributed by atoms with Crippen LogP contribution < -0.4 is 10.9 Å². The Morgan fingerprint density at radius 1 is 1.25 bits per heavy atom. The van der Waals surface area contributed by atoms with E-state index in [4.69, 9.17) is 11.6 Å². The van der Waals surface area contributed by atoms with Crippen molar-refractivity contribution in [2.75, 3.05) is 5.32 Å². The average molecular weight is 341 g/mol. The third-order valence-electron chi connectivity index (χ3n) is 3.79. The number of aromatic amines is 1. The fourth-order valence-electron chi connectivity index (χ4n) is 2.55. The maximum atomic E-state index is 12.2. The number of pyridine rings is 1. The van der Waals surface area contributed by atoms with E-state index in [1.807, 2.05) is 19.2 Å². The summed E-state index contributed by atoms with van der Waals surface area (Å²) in [5.74, 6) is 0.441. The number of nitrogens with one attached hydrogen (secondary N) is 2. The number of hydrogen-bond acceptors (Lipinski definition) is 5. The number of nitrogens with zero attached hydrogens (tertiary/aromatic N) is 4. The van der Waals surface area contributed by atoms with Crippen molar-refractivity contribution in [1.82, 2.24) is 24.7 Å². The summed E-state index contributed by atoms with van der Waals surface area (Å²) < 4.78 is 1.67. The minimum absolute atomic E-state index is 0.154. The number of H-pyrrole nitrogens is 1. The van der Waals surface area contributed by atoms with Gasteiger partial charge in [-0.3, -0.25) is 9.48 Å². The summed E-state index contributed by atoms with van der Waals surface area (Å²) in [7, 11) is 1.82. The van der Waals surface area contributed by atoms with E-state index in [1.54, 1.807) is 29.2 Å². The number of aryl methyl sites for hydroxylation is 1. The highest BCUT2D eigenvalue weighted by Crippen LogP contribution is 2.17. The van der Waals surface area contributed by atoms with Gasteiger partial charge in [0.05, 0.1) is 11.6 Å². The van der Waals surface area contributed by atoms with Crippen molar-refractivity contribution in [3.8, 4) is 0 Å². The summed E-state index contributed by atoms with van der Waals surface area (Å²) in [5.41, 5.74) is 1.91. The molecule has 7 nitrogen and oxygen atoms in total. The number of rotatable bonds is 3. The van der Waals surface area contributed by atoms with Crippen molar-refractivity contribution in [1.29, 1.82) is 0 Å². The summed E-state index contributed by atoms with van der Waals surface area (Å²) >= 11 is 6.01. The molecule has 3 aromatic heterocycles. The van der Waals surface area contributed by atoms with Gasteiger partial charge in [-0.05, 0) is 24.3 Å². The van der Waals surface area contributed by atoms with E-state index < -0.39 is 0 Å². The van der Waals surface area contributed by atoms with Gasteiger partial charge in [-0.25, -0.2) is 4.98 Å². The molecule has 1 aromatic carbocycles. The third-order valence-corrected chi connectivity index (χ3v) is 4.03. The van der Waals surface area contributed by atoms with Crippen LogP contribution in [0.25, 0.3) is 21.9 Å². The van der Waals surface area contributed by atoms with E-state index in [0.29, 0.717) is 23.1 Å². The van der Waals surface area contributed by atoms with Gasteiger partial charge in [0.1, 0.15) is 0 Å². The van der Waals surface area contributed by atoms with Crippen LogP contribution in [0, 0.1) is 0 Å². The highest BCUT2D eigenvalue weighted by atomic mass is 35.5. The monoisotopic (exact) mass is 340 g/mol. The molecule has 4 rings (SSSR count). The molecule has 24 heavy (non-hydrogen) atoms. The fraction of sp³-hybridized carbons (Fsp3) is 0.125. The summed E-state index contributed by atoms with van der Waals surface area (Å²) in [6.45, 7) is 0.307. The van der Waals surface area contributed by atoms with Crippen LogP contribution in [0.2, 0.25) is 5.02 Å². The molecule has 0 unspecified atom stereocenters. The maximum Gasteiger partial charge on any atom is 0.253 e. The smallest absolute Gasteiger partial charge is 0.253 e. The second kappa shape index (κ2) is 5.61. The highest BCUT2D eigenvalue weighted by molar-refractivity contribution is 6.31. The average Bonchev–Trinajstić information content (AvgIpc) is 2.94. The Hall–Kier alpha value is -2.93. The first kappa shape index (κ1) is 14.6. The van der Waals surface area contributed by atoms with E-state index in [2.05, 4.69) is 25.4 Å². The number of anilines is 1. The van der Waals surface area contributed by atoms with Crippen LogP contribution in [0.1, 0.15) is 5.56 Å². The normalized spacial score (nSPS) is 11.2. The maximum absolute atomic E-state index is 12.2. The van der Waals surface area contributed by atoms with Gasteiger partial charge in [0, 0.05) is 41.3 Å². The van der Waals surface area contributed by atoms with E-state index in [1.165, 1.54) is 0 Å². The first-order valence-corrected chi connectivity index (χ1v) is 7.68. The third kappa shape index (κ3) is 2.59. The molecule has 0 saturated heterocycles. The molecular weight excluding hydrogens is 328 g/mol. The van der Waals surface area contributed by atoms with Gasteiger partial charge in [0.15, 0.2) is 5.65 Å². The van der Waals surface area contributed by atoms with Gasteiger partial charge in [-0.1, -0.05) is 11.6 Å². The molecule has 0 radical (unpaired) electrons. The van der Waals surface area contributed by atoms with Gasteiger partial charge >= 0.3 is 0 Å². The highest BCUT2D eigenvalue weighted by Gasteiger charge is 2.07. The minimum atomic E-state index is -0.154. The van der Waals surface area contributed by atoms with Crippen molar-refractivity contribution < 1.29 is 0 Å². The predicted molar refractivity (Wildman–Crippen MR) is 93.2 cm³/mol. The van der Waals surface area contributed by atoms with Gasteiger partial charge in [0.25, 0.3) is 5.56 Å². The summed E-state index contributed by atoms with van der Waals surface area (Å²) in [6.07, 6.45) is 3.40. The number of benzene rings is 1. The van der Waals surface area contributed by atoms with E-state index in [0.717, 1.165) is 21.9 Å². The van der Waals surface area contributed by atoms with Gasteiger partial charge < -0.3 is 10.3 Å². The van der Waals surface area contributed by atoms with E-state index in [9.17, 15) is 4.79 Å². The van der Waals surface area contributed by atoms with Crippen molar-refractivity contribution >= 4 is 39.5 Å². The molecule has 0 aliphatic heterocycles. The number of halogens is 1. The molecular formula is C16H13ClN6O. The number of fused-ring (bicyclic) bond motifs is 2. The van der Waals surface area contributed by atoms with Gasteiger partial charge in [-0.15, -0.1) is 0 Å². The van der Waals surface area contributed by atoms with Crippen molar-refractivity contribution in [2.24, 2.45) is 7.05 Å². The zero-order chi connectivity index (χ0) is 16.7. The predicted octanol–water partition coefficient (Wildman–Crippen LogP) is 2.47. The molecule has 0 atom stereocenters. The first-order chi connectivity index (χ1) is 11.6. The summed E-state index contributed by atoms with van der Waals surface area (Å²) in [4.78, 5) is 23.7. The lowest BCUT2D eigenvalue weighted by Gasteiger charge is -2.06. The Morgan fingerprint density at radius 2 is 2.12 bits per heavy atom. The van der Waals surface area contributed by atoms with Gasteiger partial charge in [-0.2, -0.15) is 10.1 Å². The fourth-order valence-corrected chi connectivity index (χ4v) is 2.73. The molecule has 0 saturated carbocycles. The first-order valence-electron chi connectivity index (χ1n) is 7.30. The molecule has 3 heterocycles. The van der Waals surface area contributed by atoms with E-state index >= 15 is 0 Å². The topological polar surface area (TPSA) is 88.5 Å². The number of hydrogen-bond donors (Lipinski definition) is 2. The van der Waals surface area contributed by atoms with Crippen LogP contribution in [-0.2, 0) is 13.6 Å². The van der Waals surface area contributed by atoms with Crippen LogP contribution in [-0.4, -0.2) is 24.7 Å². The standard InChI is InChI=1S/C16H13ClN6O/c1-23-14-11(8-20-23)7-19-16(22-14)18-6-10-4-9-5-12(17)2-3-13(9)21-15(10)24/h2-5,7-8H,6H2,1H3,(H,21,24)(H,18,19,22). The van der Waals surface area contributed by atoms with Crippen LogP contribution >= 0.6 is 11.6 Å². The molecule has 0 fully saturated rings. The Kier molecular flexibility index (Phi) is 3.42. The van der Waals surface area contributed by atoms with Crippen LogP contribution in [0.5, 0.6) is 0 Å². The Bertz CT molecular complexity index is 1120. The number of aromatic nitrogens is 5. The molecule has 8 heteroatoms. The van der Waals surface area contributed by atoms with Crippen molar-refractivity contribution in [2.45, 2.75) is 6.54 Å². The molecule has 4 aromatic rings. The lowest BCUT2D eigenvalue weighted by atomic mass is 10.1. The second-order valence-electron chi connectivity index (χ2n) is 5.45. The van der Waals surface area contributed by atoms with Crippen molar-refractivity contribution in [3.63, 3.8) is 0 Å². The molecule has 120 valence electrons. The van der Waals surface area contributed by atoms with E-state index in [-0.39, 0.29) is 5.56 Å². The van der Waals surface area contributed by atoms with Crippen LogP contribution in [0.4, 0.5) is 5.95 Å². The summed E-state index contributed by atoms with van der Waals surface area (Å²) in [6, 6.07) is 7.16. The van der Waals surface area contributed by atoms with Crippen LogP contribution in [0.15, 0.2) is 41.5 Å². The zero-order valence-electron chi connectivity index (χ0n) is 12.7. The zero-order valence-corrected chi connectivity index (χ0v) is 13.5. The minimum Gasteiger partial charge on any atom is -0.350 e. The Balaban J connectivity index is 1.64. The van der Waals surface area contributed by atoms with Gasteiger partial charge in [0.2, 0.25) is 5.95 Å². The quantitative estimate of drug-likeness (QED) is 0.598. The summed E-state index contributed by atoms with van der Waals surface area (Å²) in [5, 5.41) is 9.57. The lowest BCUT2D eigenvalue weighted by molar-refractivity contribution is 0.785. The molecule has 2 N–H and O–H groups in total.